The first-order chi connectivity index (χ1) is 10.8. The van der Waals surface area contributed by atoms with Gasteiger partial charge >= 0.3 is 0 Å². The van der Waals surface area contributed by atoms with Gasteiger partial charge in [-0.3, -0.25) is 9.59 Å². The fourth-order valence-corrected chi connectivity index (χ4v) is 3.51. The normalized spacial score (nSPS) is 22.5. The second-order valence-electron chi connectivity index (χ2n) is 6.26. The minimum atomic E-state index is -0.259. The SMILES string of the molecule is O=C(C1CCCN1C(=O)c1ccccc1)N1CCCCCC1. The molecule has 0 N–H and O–H groups in total. The molecule has 2 heterocycles. The van der Waals surface area contributed by atoms with Gasteiger partial charge < -0.3 is 9.80 Å². The Hall–Kier alpha value is -1.84. The van der Waals surface area contributed by atoms with Crippen LogP contribution in [0, 0.1) is 0 Å². The summed E-state index contributed by atoms with van der Waals surface area (Å²) >= 11 is 0. The predicted octanol–water partition coefficient (Wildman–Crippen LogP) is 2.69. The molecule has 2 amide bonds. The summed E-state index contributed by atoms with van der Waals surface area (Å²) in [5.74, 6) is 0.148. The summed E-state index contributed by atoms with van der Waals surface area (Å²) in [4.78, 5) is 29.3. The highest BCUT2D eigenvalue weighted by molar-refractivity contribution is 5.97. The third-order valence-corrected chi connectivity index (χ3v) is 4.74. The average molecular weight is 300 g/mol. The van der Waals surface area contributed by atoms with Crippen molar-refractivity contribution in [2.24, 2.45) is 0 Å². The Balaban J connectivity index is 1.72. The standard InChI is InChI=1S/C18H24N2O2/c21-17(15-9-4-3-5-10-15)20-14-8-11-16(20)18(22)19-12-6-1-2-7-13-19/h3-5,9-10,16H,1-2,6-8,11-14H2. The minimum absolute atomic E-state index is 0.00808. The number of hydrogen-bond acceptors (Lipinski definition) is 2. The molecule has 0 aromatic heterocycles. The molecule has 0 aliphatic carbocycles. The molecule has 0 bridgehead atoms. The van der Waals surface area contributed by atoms with Crippen LogP contribution in [0.25, 0.3) is 0 Å². The van der Waals surface area contributed by atoms with Crippen LogP contribution in [0.5, 0.6) is 0 Å². The number of rotatable bonds is 2. The van der Waals surface area contributed by atoms with Crippen LogP contribution < -0.4 is 0 Å². The molecule has 1 unspecified atom stereocenters. The summed E-state index contributed by atoms with van der Waals surface area (Å²) < 4.78 is 0. The van der Waals surface area contributed by atoms with E-state index in [0.29, 0.717) is 12.1 Å². The quantitative estimate of drug-likeness (QED) is 0.842. The fourth-order valence-electron chi connectivity index (χ4n) is 3.51. The molecule has 2 saturated heterocycles. The zero-order valence-electron chi connectivity index (χ0n) is 13.0. The van der Waals surface area contributed by atoms with Gasteiger partial charge in [-0.25, -0.2) is 0 Å². The van der Waals surface area contributed by atoms with E-state index in [1.807, 2.05) is 35.2 Å². The summed E-state index contributed by atoms with van der Waals surface area (Å²) in [7, 11) is 0. The van der Waals surface area contributed by atoms with E-state index in [1.54, 1.807) is 4.90 Å². The maximum absolute atomic E-state index is 12.8. The molecule has 2 aliphatic heterocycles. The lowest BCUT2D eigenvalue weighted by molar-refractivity contribution is -0.135. The zero-order valence-corrected chi connectivity index (χ0v) is 13.0. The number of amides is 2. The summed E-state index contributed by atoms with van der Waals surface area (Å²) in [6.45, 7) is 2.39. The number of carbonyl (C=O) groups excluding carboxylic acids is 2. The second kappa shape index (κ2) is 6.95. The van der Waals surface area contributed by atoms with E-state index in [1.165, 1.54) is 12.8 Å². The Morgan fingerprint density at radius 3 is 2.23 bits per heavy atom. The first-order valence-corrected chi connectivity index (χ1v) is 8.42. The molecule has 4 heteroatoms. The van der Waals surface area contributed by atoms with E-state index in [-0.39, 0.29) is 17.9 Å². The van der Waals surface area contributed by atoms with Crippen LogP contribution in [-0.2, 0) is 4.79 Å². The largest absolute Gasteiger partial charge is 0.341 e. The van der Waals surface area contributed by atoms with Crippen molar-refractivity contribution in [2.75, 3.05) is 19.6 Å². The van der Waals surface area contributed by atoms with Crippen LogP contribution in [0.2, 0.25) is 0 Å². The molecular weight excluding hydrogens is 276 g/mol. The maximum Gasteiger partial charge on any atom is 0.254 e. The first-order valence-electron chi connectivity index (χ1n) is 8.42. The predicted molar refractivity (Wildman–Crippen MR) is 85.5 cm³/mol. The molecule has 1 aromatic carbocycles. The molecule has 4 nitrogen and oxygen atoms in total. The summed E-state index contributed by atoms with van der Waals surface area (Å²) in [5, 5.41) is 0. The van der Waals surface area contributed by atoms with Crippen LogP contribution in [0.15, 0.2) is 30.3 Å². The van der Waals surface area contributed by atoms with Gasteiger partial charge in [-0.1, -0.05) is 31.0 Å². The third kappa shape index (κ3) is 3.16. The molecule has 0 spiro atoms. The highest BCUT2D eigenvalue weighted by Gasteiger charge is 2.36. The van der Waals surface area contributed by atoms with Gasteiger partial charge in [-0.15, -0.1) is 0 Å². The van der Waals surface area contributed by atoms with Crippen LogP contribution in [0.1, 0.15) is 48.9 Å². The molecule has 1 atom stereocenters. The lowest BCUT2D eigenvalue weighted by Crippen LogP contribution is -2.48. The average Bonchev–Trinajstić information content (AvgIpc) is 2.89. The molecule has 2 fully saturated rings. The lowest BCUT2D eigenvalue weighted by Gasteiger charge is -2.29. The van der Waals surface area contributed by atoms with Crippen LogP contribution in [0.3, 0.4) is 0 Å². The van der Waals surface area contributed by atoms with E-state index >= 15 is 0 Å². The van der Waals surface area contributed by atoms with Gasteiger partial charge in [-0.05, 0) is 37.8 Å². The Kier molecular flexibility index (Phi) is 4.76. The summed E-state index contributed by atoms with van der Waals surface area (Å²) in [5.41, 5.74) is 0.679. The molecule has 1 aromatic rings. The van der Waals surface area contributed by atoms with E-state index < -0.39 is 0 Å². The van der Waals surface area contributed by atoms with Crippen LogP contribution >= 0.6 is 0 Å². The molecule has 0 radical (unpaired) electrons. The molecule has 3 rings (SSSR count). The van der Waals surface area contributed by atoms with E-state index in [9.17, 15) is 9.59 Å². The van der Waals surface area contributed by atoms with Gasteiger partial charge in [0.1, 0.15) is 6.04 Å². The van der Waals surface area contributed by atoms with Crippen molar-refractivity contribution >= 4 is 11.8 Å². The van der Waals surface area contributed by atoms with Crippen LogP contribution in [-0.4, -0.2) is 47.3 Å². The van der Waals surface area contributed by atoms with Gasteiger partial charge in [0.2, 0.25) is 5.91 Å². The molecule has 2 aliphatic rings. The van der Waals surface area contributed by atoms with Gasteiger partial charge in [0.25, 0.3) is 5.91 Å². The van der Waals surface area contributed by atoms with Gasteiger partial charge in [0.05, 0.1) is 0 Å². The minimum Gasteiger partial charge on any atom is -0.341 e. The van der Waals surface area contributed by atoms with E-state index in [4.69, 9.17) is 0 Å². The Labute approximate surface area is 132 Å². The molecule has 0 saturated carbocycles. The summed E-state index contributed by atoms with van der Waals surface area (Å²) in [6.07, 6.45) is 6.31. The Bertz CT molecular complexity index is 521. The van der Waals surface area contributed by atoms with Gasteiger partial charge in [-0.2, -0.15) is 0 Å². The third-order valence-electron chi connectivity index (χ3n) is 4.74. The smallest absolute Gasteiger partial charge is 0.254 e. The Morgan fingerprint density at radius 2 is 1.55 bits per heavy atom. The molecular formula is C18H24N2O2. The van der Waals surface area contributed by atoms with E-state index in [0.717, 1.165) is 38.8 Å². The fraction of sp³-hybridized carbons (Fsp3) is 0.556. The van der Waals surface area contributed by atoms with Gasteiger partial charge in [0, 0.05) is 25.2 Å². The number of hydrogen-bond donors (Lipinski definition) is 0. The number of nitrogens with zero attached hydrogens (tertiary/aromatic N) is 2. The summed E-state index contributed by atoms with van der Waals surface area (Å²) in [6, 6.07) is 9.04. The van der Waals surface area contributed by atoms with Crippen molar-refractivity contribution in [1.82, 2.24) is 9.80 Å². The van der Waals surface area contributed by atoms with Crippen molar-refractivity contribution in [3.63, 3.8) is 0 Å². The lowest BCUT2D eigenvalue weighted by atomic mass is 10.1. The Morgan fingerprint density at radius 1 is 0.864 bits per heavy atom. The highest BCUT2D eigenvalue weighted by Crippen LogP contribution is 2.23. The van der Waals surface area contributed by atoms with Crippen molar-refractivity contribution in [3.05, 3.63) is 35.9 Å². The van der Waals surface area contributed by atoms with Crippen molar-refractivity contribution in [3.8, 4) is 0 Å². The van der Waals surface area contributed by atoms with Gasteiger partial charge in [0.15, 0.2) is 0 Å². The highest BCUT2D eigenvalue weighted by atomic mass is 16.2. The van der Waals surface area contributed by atoms with E-state index in [2.05, 4.69) is 0 Å². The molecule has 22 heavy (non-hydrogen) atoms. The second-order valence-corrected chi connectivity index (χ2v) is 6.26. The number of benzene rings is 1. The van der Waals surface area contributed by atoms with Crippen molar-refractivity contribution in [2.45, 2.75) is 44.6 Å². The van der Waals surface area contributed by atoms with Crippen molar-refractivity contribution < 1.29 is 9.59 Å². The van der Waals surface area contributed by atoms with Crippen LogP contribution in [0.4, 0.5) is 0 Å². The monoisotopic (exact) mass is 300 g/mol. The topological polar surface area (TPSA) is 40.6 Å². The number of likely N-dealkylation sites (tertiary alicyclic amines) is 2. The molecule has 118 valence electrons. The van der Waals surface area contributed by atoms with Crippen molar-refractivity contribution in [1.29, 1.82) is 0 Å². The zero-order chi connectivity index (χ0) is 15.4. The number of carbonyl (C=O) groups is 2. The first kappa shape index (κ1) is 15.1. The maximum atomic E-state index is 12.8.